The zero-order chi connectivity index (χ0) is 14.8. The summed E-state index contributed by atoms with van der Waals surface area (Å²) in [6.45, 7) is 2.29. The van der Waals surface area contributed by atoms with Gasteiger partial charge in [-0.15, -0.1) is 0 Å². The van der Waals surface area contributed by atoms with Crippen molar-refractivity contribution in [2.75, 3.05) is 18.5 Å². The summed E-state index contributed by atoms with van der Waals surface area (Å²) >= 11 is 0. The first kappa shape index (κ1) is 14.8. The number of aliphatic hydroxyl groups excluding tert-OH is 1. The Labute approximate surface area is 118 Å². The summed E-state index contributed by atoms with van der Waals surface area (Å²) < 4.78 is 1.50. The number of nitro groups is 1. The van der Waals surface area contributed by atoms with Crippen LogP contribution in [0.15, 0.2) is 0 Å². The van der Waals surface area contributed by atoms with Crippen molar-refractivity contribution in [3.63, 3.8) is 0 Å². The molecule has 0 amide bonds. The molecule has 112 valence electrons. The summed E-state index contributed by atoms with van der Waals surface area (Å²) in [5.41, 5.74) is 0.266. The number of nitrogens with zero attached hydrogens (tertiary/aromatic N) is 3. The number of anilines is 1. The molecule has 0 aromatic carbocycles. The maximum absolute atomic E-state index is 11.1. The van der Waals surface area contributed by atoms with Gasteiger partial charge in [0.25, 0.3) is 0 Å². The zero-order valence-electron chi connectivity index (χ0n) is 12.1. The first-order valence-corrected chi connectivity index (χ1v) is 7.02. The third-order valence-electron chi connectivity index (χ3n) is 4.25. The third kappa shape index (κ3) is 2.77. The number of hydrogen-bond donors (Lipinski definition) is 2. The van der Waals surface area contributed by atoms with Crippen molar-refractivity contribution < 1.29 is 10.0 Å². The van der Waals surface area contributed by atoms with Crippen LogP contribution in [0, 0.1) is 22.5 Å². The number of aromatic nitrogens is 2. The van der Waals surface area contributed by atoms with E-state index in [1.165, 1.54) is 11.1 Å². The quantitative estimate of drug-likeness (QED) is 0.636. The van der Waals surface area contributed by atoms with E-state index in [1.807, 2.05) is 0 Å². The molecule has 0 saturated heterocycles. The van der Waals surface area contributed by atoms with E-state index in [2.05, 4.69) is 10.4 Å². The Hall–Kier alpha value is -1.63. The van der Waals surface area contributed by atoms with Crippen LogP contribution < -0.4 is 5.32 Å². The second-order valence-corrected chi connectivity index (χ2v) is 5.74. The van der Waals surface area contributed by atoms with Crippen molar-refractivity contribution in [1.82, 2.24) is 9.78 Å². The van der Waals surface area contributed by atoms with Crippen molar-refractivity contribution in [3.8, 4) is 0 Å². The summed E-state index contributed by atoms with van der Waals surface area (Å²) in [5, 5.41) is 28.0. The molecule has 1 aliphatic rings. The molecule has 0 bridgehead atoms. The number of hydrogen-bond acceptors (Lipinski definition) is 5. The number of rotatable bonds is 5. The van der Waals surface area contributed by atoms with Crippen LogP contribution in [-0.2, 0) is 7.05 Å². The molecule has 0 atom stereocenters. The standard InChI is InChI=1S/C13H22N4O3/c1-10-11(17(19)20)12(16(2)15-10)14-8-13(9-18)6-4-3-5-7-13/h14,18H,3-9H2,1-2H3. The largest absolute Gasteiger partial charge is 0.396 e. The monoisotopic (exact) mass is 282 g/mol. The fourth-order valence-electron chi connectivity index (χ4n) is 3.03. The SMILES string of the molecule is Cc1nn(C)c(NCC2(CO)CCCCC2)c1[N+](=O)[O-]. The van der Waals surface area contributed by atoms with Gasteiger partial charge in [0.15, 0.2) is 0 Å². The summed E-state index contributed by atoms with van der Waals surface area (Å²) in [5.74, 6) is 0.422. The second kappa shape index (κ2) is 5.78. The Morgan fingerprint density at radius 2 is 2.10 bits per heavy atom. The van der Waals surface area contributed by atoms with Gasteiger partial charge < -0.3 is 10.4 Å². The van der Waals surface area contributed by atoms with Gasteiger partial charge in [0.05, 0.1) is 11.5 Å². The molecule has 2 N–H and O–H groups in total. The molecule has 2 rings (SSSR count). The third-order valence-corrected chi connectivity index (χ3v) is 4.25. The summed E-state index contributed by atoms with van der Waals surface area (Å²) in [7, 11) is 1.69. The van der Waals surface area contributed by atoms with E-state index in [9.17, 15) is 15.2 Å². The summed E-state index contributed by atoms with van der Waals surface area (Å²) in [6, 6.07) is 0. The van der Waals surface area contributed by atoms with Crippen LogP contribution in [0.1, 0.15) is 37.8 Å². The van der Waals surface area contributed by atoms with Crippen molar-refractivity contribution in [2.45, 2.75) is 39.0 Å². The van der Waals surface area contributed by atoms with Crippen LogP contribution in [0.25, 0.3) is 0 Å². The maximum atomic E-state index is 11.1. The number of aryl methyl sites for hydroxylation is 2. The minimum Gasteiger partial charge on any atom is -0.396 e. The summed E-state index contributed by atoms with van der Waals surface area (Å²) in [6.07, 6.45) is 5.33. The average molecular weight is 282 g/mol. The molecule has 0 spiro atoms. The predicted octanol–water partition coefficient (Wildman–Crippen LogP) is 1.99. The predicted molar refractivity (Wildman–Crippen MR) is 75.7 cm³/mol. The molecule has 1 heterocycles. The van der Waals surface area contributed by atoms with Crippen LogP contribution in [0.5, 0.6) is 0 Å². The van der Waals surface area contributed by atoms with Gasteiger partial charge in [0, 0.05) is 19.0 Å². The van der Waals surface area contributed by atoms with E-state index in [4.69, 9.17) is 0 Å². The molecule has 1 aromatic heterocycles. The lowest BCUT2D eigenvalue weighted by Gasteiger charge is -2.35. The van der Waals surface area contributed by atoms with E-state index < -0.39 is 4.92 Å². The molecule has 1 aromatic rings. The lowest BCUT2D eigenvalue weighted by atomic mass is 9.74. The normalized spacial score (nSPS) is 17.9. The van der Waals surface area contributed by atoms with Gasteiger partial charge in [-0.05, 0) is 19.8 Å². The first-order valence-electron chi connectivity index (χ1n) is 7.02. The fourth-order valence-corrected chi connectivity index (χ4v) is 3.03. The van der Waals surface area contributed by atoms with E-state index in [1.54, 1.807) is 14.0 Å². The zero-order valence-corrected chi connectivity index (χ0v) is 12.1. The van der Waals surface area contributed by atoms with Crippen LogP contribution >= 0.6 is 0 Å². The smallest absolute Gasteiger partial charge is 0.333 e. The van der Waals surface area contributed by atoms with Gasteiger partial charge in [-0.3, -0.25) is 10.1 Å². The highest BCUT2D eigenvalue weighted by Crippen LogP contribution is 2.37. The van der Waals surface area contributed by atoms with Crippen molar-refractivity contribution >= 4 is 11.5 Å². The Morgan fingerprint density at radius 3 is 2.65 bits per heavy atom. The molecule has 0 radical (unpaired) electrons. The molecular weight excluding hydrogens is 260 g/mol. The average Bonchev–Trinajstić information content (AvgIpc) is 2.72. The van der Waals surface area contributed by atoms with Crippen LogP contribution in [0.4, 0.5) is 11.5 Å². The molecule has 1 fully saturated rings. The number of aliphatic hydroxyl groups is 1. The van der Waals surface area contributed by atoms with E-state index >= 15 is 0 Å². The van der Waals surface area contributed by atoms with Crippen molar-refractivity contribution in [1.29, 1.82) is 0 Å². The highest BCUT2D eigenvalue weighted by atomic mass is 16.6. The second-order valence-electron chi connectivity index (χ2n) is 5.74. The van der Waals surface area contributed by atoms with Crippen LogP contribution in [-0.4, -0.2) is 33.0 Å². The van der Waals surface area contributed by atoms with Gasteiger partial charge in [0.1, 0.15) is 5.69 Å². The van der Waals surface area contributed by atoms with Gasteiger partial charge in [-0.2, -0.15) is 5.10 Å². The van der Waals surface area contributed by atoms with E-state index in [-0.39, 0.29) is 17.7 Å². The molecule has 7 nitrogen and oxygen atoms in total. The van der Waals surface area contributed by atoms with Gasteiger partial charge in [-0.25, -0.2) is 4.68 Å². The molecule has 0 aliphatic heterocycles. The van der Waals surface area contributed by atoms with Gasteiger partial charge in [-0.1, -0.05) is 19.3 Å². The Morgan fingerprint density at radius 1 is 1.45 bits per heavy atom. The van der Waals surface area contributed by atoms with Gasteiger partial charge >= 0.3 is 5.69 Å². The summed E-state index contributed by atoms with van der Waals surface area (Å²) in [4.78, 5) is 10.7. The molecule has 7 heteroatoms. The maximum Gasteiger partial charge on any atom is 0.333 e. The minimum atomic E-state index is -0.406. The van der Waals surface area contributed by atoms with Crippen molar-refractivity contribution in [3.05, 3.63) is 15.8 Å². The molecule has 1 saturated carbocycles. The molecule has 0 unspecified atom stereocenters. The Balaban J connectivity index is 2.16. The molecule has 1 aliphatic carbocycles. The van der Waals surface area contributed by atoms with Crippen molar-refractivity contribution in [2.24, 2.45) is 12.5 Å². The van der Waals surface area contributed by atoms with E-state index in [0.29, 0.717) is 18.1 Å². The van der Waals surface area contributed by atoms with Gasteiger partial charge in [0.2, 0.25) is 5.82 Å². The highest BCUT2D eigenvalue weighted by molar-refractivity contribution is 5.59. The Kier molecular flexibility index (Phi) is 4.27. The lowest BCUT2D eigenvalue weighted by molar-refractivity contribution is -0.384. The minimum absolute atomic E-state index is 0.0244. The fraction of sp³-hybridized carbons (Fsp3) is 0.769. The highest BCUT2D eigenvalue weighted by Gasteiger charge is 2.33. The van der Waals surface area contributed by atoms with E-state index in [0.717, 1.165) is 25.7 Å². The topological polar surface area (TPSA) is 93.2 Å². The Bertz CT molecular complexity index is 492. The lowest BCUT2D eigenvalue weighted by Crippen LogP contribution is -2.36. The first-order chi connectivity index (χ1) is 9.49. The van der Waals surface area contributed by atoms with Crippen LogP contribution in [0.2, 0.25) is 0 Å². The molecule has 20 heavy (non-hydrogen) atoms. The number of nitrogens with one attached hydrogen (secondary N) is 1. The van der Waals surface area contributed by atoms with Crippen LogP contribution in [0.3, 0.4) is 0 Å². The molecular formula is C13H22N4O3.